The molecule has 1 aliphatic carbocycles. The molecule has 2 rings (SSSR count). The highest BCUT2D eigenvalue weighted by Gasteiger charge is 2.21. The maximum absolute atomic E-state index is 8.76. The number of ether oxygens (including phenoxy) is 2. The summed E-state index contributed by atoms with van der Waals surface area (Å²) in [5.41, 5.74) is 6.23. The summed E-state index contributed by atoms with van der Waals surface area (Å²) in [6.45, 7) is 4.72. The molecule has 0 spiro atoms. The van der Waals surface area contributed by atoms with Crippen LogP contribution in [0.2, 0.25) is 0 Å². The summed E-state index contributed by atoms with van der Waals surface area (Å²) in [5, 5.41) is 11.8. The Morgan fingerprint density at radius 1 is 1.38 bits per heavy atom. The first-order chi connectivity index (χ1) is 10.1. The maximum Gasteiger partial charge on any atom is 0.170 e. The Bertz CT molecular complexity index is 502. The van der Waals surface area contributed by atoms with Gasteiger partial charge < -0.3 is 20.4 Å². The average molecular weight is 292 g/mol. The number of hydrogen-bond acceptors (Lipinski definition) is 4. The van der Waals surface area contributed by atoms with Crippen LogP contribution in [0.1, 0.15) is 45.1 Å². The first-order valence-corrected chi connectivity index (χ1v) is 7.55. The molecule has 0 aliphatic heterocycles. The predicted molar refractivity (Wildman–Crippen MR) is 82.2 cm³/mol. The Morgan fingerprint density at radius 2 is 2.19 bits per heavy atom. The molecule has 0 aromatic heterocycles. The molecule has 1 saturated carbocycles. The van der Waals surface area contributed by atoms with Gasteiger partial charge in [0.25, 0.3) is 0 Å². The molecule has 5 nitrogen and oxygen atoms in total. The fourth-order valence-corrected chi connectivity index (χ4v) is 2.76. The molecule has 1 aromatic rings. The van der Waals surface area contributed by atoms with E-state index in [-0.39, 0.29) is 11.9 Å². The van der Waals surface area contributed by atoms with Gasteiger partial charge in [0.05, 0.1) is 12.7 Å². The van der Waals surface area contributed by atoms with E-state index in [2.05, 4.69) is 12.1 Å². The lowest BCUT2D eigenvalue weighted by Crippen LogP contribution is -2.24. The molecular weight excluding hydrogens is 268 g/mol. The Hall–Kier alpha value is -1.91. The van der Waals surface area contributed by atoms with Crippen molar-refractivity contribution in [3.8, 4) is 11.5 Å². The molecule has 5 heteroatoms. The van der Waals surface area contributed by atoms with Crippen LogP contribution in [0.3, 0.4) is 0 Å². The van der Waals surface area contributed by atoms with Crippen molar-refractivity contribution in [2.24, 2.45) is 16.8 Å². The van der Waals surface area contributed by atoms with Gasteiger partial charge in [-0.25, -0.2) is 0 Å². The molecule has 2 unspecified atom stereocenters. The number of nitrogens with zero attached hydrogens (tertiary/aromatic N) is 1. The van der Waals surface area contributed by atoms with Crippen LogP contribution in [-0.2, 0) is 0 Å². The Balaban J connectivity index is 2.17. The third kappa shape index (κ3) is 4.03. The molecule has 1 aliphatic rings. The fourth-order valence-electron chi connectivity index (χ4n) is 2.76. The van der Waals surface area contributed by atoms with Gasteiger partial charge in [-0.3, -0.25) is 0 Å². The first kappa shape index (κ1) is 15.5. The van der Waals surface area contributed by atoms with E-state index < -0.39 is 0 Å². The summed E-state index contributed by atoms with van der Waals surface area (Å²) in [6, 6.07) is 5.36. The lowest BCUT2D eigenvalue weighted by Gasteiger charge is -2.28. The molecule has 0 saturated heterocycles. The average Bonchev–Trinajstić information content (AvgIpc) is 2.48. The van der Waals surface area contributed by atoms with Crippen molar-refractivity contribution in [1.82, 2.24) is 0 Å². The zero-order chi connectivity index (χ0) is 15.2. The minimum Gasteiger partial charge on any atom is -0.490 e. The normalized spacial score (nSPS) is 22.9. The van der Waals surface area contributed by atoms with Gasteiger partial charge in [-0.2, -0.15) is 0 Å². The van der Waals surface area contributed by atoms with Crippen molar-refractivity contribution in [2.45, 2.75) is 45.6 Å². The number of hydrogen-bond donors (Lipinski definition) is 2. The summed E-state index contributed by atoms with van der Waals surface area (Å²) >= 11 is 0. The number of nitrogens with two attached hydrogens (primary N) is 1. The number of amidine groups is 1. The van der Waals surface area contributed by atoms with Crippen molar-refractivity contribution >= 4 is 5.84 Å². The van der Waals surface area contributed by atoms with Gasteiger partial charge in [-0.15, -0.1) is 0 Å². The van der Waals surface area contributed by atoms with Gasteiger partial charge in [0.15, 0.2) is 17.3 Å². The summed E-state index contributed by atoms with van der Waals surface area (Å²) in [4.78, 5) is 0. The van der Waals surface area contributed by atoms with Crippen molar-refractivity contribution in [3.05, 3.63) is 23.8 Å². The van der Waals surface area contributed by atoms with Gasteiger partial charge in [0.1, 0.15) is 0 Å². The monoisotopic (exact) mass is 292 g/mol. The van der Waals surface area contributed by atoms with Gasteiger partial charge in [-0.05, 0) is 50.3 Å². The van der Waals surface area contributed by atoms with E-state index in [1.54, 1.807) is 12.1 Å². The number of oxime groups is 1. The lowest BCUT2D eigenvalue weighted by molar-refractivity contribution is 0.124. The second kappa shape index (κ2) is 7.20. The van der Waals surface area contributed by atoms with Crippen LogP contribution in [0.15, 0.2) is 23.4 Å². The largest absolute Gasteiger partial charge is 0.490 e. The maximum atomic E-state index is 8.76. The van der Waals surface area contributed by atoms with Gasteiger partial charge in [0, 0.05) is 5.56 Å². The molecule has 0 bridgehead atoms. The van der Waals surface area contributed by atoms with Crippen molar-refractivity contribution < 1.29 is 14.7 Å². The minimum absolute atomic E-state index is 0.0637. The topological polar surface area (TPSA) is 77.1 Å². The fraction of sp³-hybridized carbons (Fsp3) is 0.562. The molecule has 21 heavy (non-hydrogen) atoms. The first-order valence-electron chi connectivity index (χ1n) is 7.55. The van der Waals surface area contributed by atoms with Crippen LogP contribution in [0.25, 0.3) is 0 Å². The quantitative estimate of drug-likeness (QED) is 0.378. The molecule has 1 fully saturated rings. The highest BCUT2D eigenvalue weighted by molar-refractivity contribution is 5.97. The van der Waals surface area contributed by atoms with Gasteiger partial charge in [0.2, 0.25) is 0 Å². The van der Waals surface area contributed by atoms with Gasteiger partial charge in [-0.1, -0.05) is 18.5 Å². The molecule has 2 atom stereocenters. The number of benzene rings is 1. The third-order valence-corrected chi connectivity index (χ3v) is 3.83. The van der Waals surface area contributed by atoms with E-state index >= 15 is 0 Å². The predicted octanol–water partition coefficient (Wildman–Crippen LogP) is 3.14. The summed E-state index contributed by atoms with van der Waals surface area (Å²) in [5.74, 6) is 2.13. The Kier molecular flexibility index (Phi) is 5.31. The molecule has 0 heterocycles. The highest BCUT2D eigenvalue weighted by atomic mass is 16.5. The number of rotatable bonds is 5. The van der Waals surface area contributed by atoms with Crippen molar-refractivity contribution in [3.63, 3.8) is 0 Å². The highest BCUT2D eigenvalue weighted by Crippen LogP contribution is 2.33. The van der Waals surface area contributed by atoms with E-state index in [1.807, 2.05) is 13.0 Å². The van der Waals surface area contributed by atoms with E-state index in [0.717, 1.165) is 18.6 Å². The smallest absolute Gasteiger partial charge is 0.170 e. The van der Waals surface area contributed by atoms with Crippen LogP contribution in [0, 0.1) is 5.92 Å². The van der Waals surface area contributed by atoms with Crippen LogP contribution in [-0.4, -0.2) is 23.8 Å². The molecule has 0 amide bonds. The molecule has 0 radical (unpaired) electrons. The van der Waals surface area contributed by atoms with Crippen LogP contribution < -0.4 is 15.2 Å². The third-order valence-electron chi connectivity index (χ3n) is 3.83. The Labute approximate surface area is 125 Å². The van der Waals surface area contributed by atoms with E-state index in [1.165, 1.54) is 12.8 Å². The van der Waals surface area contributed by atoms with E-state index in [9.17, 15) is 0 Å². The molecule has 1 aromatic carbocycles. The summed E-state index contributed by atoms with van der Waals surface area (Å²) in [6.07, 6.45) is 4.88. The SMILES string of the molecule is CCOc1cc(C(N)=NO)ccc1OC1CCCC(C)C1. The Morgan fingerprint density at radius 3 is 2.86 bits per heavy atom. The summed E-state index contributed by atoms with van der Waals surface area (Å²) < 4.78 is 11.7. The summed E-state index contributed by atoms with van der Waals surface area (Å²) in [7, 11) is 0. The van der Waals surface area contributed by atoms with E-state index in [4.69, 9.17) is 20.4 Å². The zero-order valence-corrected chi connectivity index (χ0v) is 12.7. The van der Waals surface area contributed by atoms with Crippen LogP contribution >= 0.6 is 0 Å². The molecular formula is C16H24N2O3. The lowest BCUT2D eigenvalue weighted by atomic mass is 9.89. The van der Waals surface area contributed by atoms with Crippen LogP contribution in [0.5, 0.6) is 11.5 Å². The van der Waals surface area contributed by atoms with Crippen molar-refractivity contribution in [1.29, 1.82) is 0 Å². The molecule has 116 valence electrons. The zero-order valence-electron chi connectivity index (χ0n) is 12.7. The standard InChI is InChI=1S/C16H24N2O3/c1-3-20-15-10-12(16(17)18-19)7-8-14(15)21-13-6-4-5-11(2)9-13/h7-8,10-11,13,19H,3-6,9H2,1-2H3,(H2,17,18). The van der Waals surface area contributed by atoms with Gasteiger partial charge >= 0.3 is 0 Å². The second-order valence-corrected chi connectivity index (χ2v) is 5.59. The minimum atomic E-state index is 0.0637. The van der Waals surface area contributed by atoms with Crippen molar-refractivity contribution in [2.75, 3.05) is 6.61 Å². The van der Waals surface area contributed by atoms with E-state index in [0.29, 0.717) is 23.8 Å². The van der Waals surface area contributed by atoms with Crippen LogP contribution in [0.4, 0.5) is 0 Å². The molecule has 3 N–H and O–H groups in total. The second-order valence-electron chi connectivity index (χ2n) is 5.59.